The maximum absolute atomic E-state index is 14.2. The minimum absolute atomic E-state index is 0.101. The van der Waals surface area contributed by atoms with Gasteiger partial charge in [0.05, 0.1) is 0 Å². The van der Waals surface area contributed by atoms with Crippen LogP contribution in [0.25, 0.3) is 0 Å². The lowest BCUT2D eigenvalue weighted by Gasteiger charge is -2.35. The van der Waals surface area contributed by atoms with Crippen LogP contribution < -0.4 is 10.6 Å². The van der Waals surface area contributed by atoms with Gasteiger partial charge in [-0.05, 0) is 89.3 Å². The highest BCUT2D eigenvalue weighted by Gasteiger charge is 2.36. The van der Waals surface area contributed by atoms with Crippen molar-refractivity contribution in [2.75, 3.05) is 6.54 Å². The molecule has 38 heavy (non-hydrogen) atoms. The number of phenols is 1. The lowest BCUT2D eigenvalue weighted by Crippen LogP contribution is -2.54. The molecule has 0 saturated carbocycles. The molecule has 3 amide bonds. The number of hydrogen-bond acceptors (Lipinski definition) is 5. The standard InChI is InChI=1S/C30H43N3O5/c1-9-16-33(26(27(35)31-19(2)3)23-13-10-20(4)21(5)17-23)28(36)25(32-29(37)38-30(6,7)8)18-22-11-14-24(34)15-12-22/h10-15,17,19,25-26,34H,9,16,18H2,1-8H3,(H,31,35)(H,32,37). The van der Waals surface area contributed by atoms with E-state index in [4.69, 9.17) is 4.74 Å². The predicted octanol–water partition coefficient (Wildman–Crippen LogP) is 4.95. The number of aryl methyl sites for hydroxylation is 2. The fourth-order valence-electron chi connectivity index (χ4n) is 4.10. The van der Waals surface area contributed by atoms with E-state index in [0.29, 0.717) is 18.5 Å². The Morgan fingerprint density at radius 3 is 2.13 bits per heavy atom. The summed E-state index contributed by atoms with van der Waals surface area (Å²) in [6.45, 7) is 15.2. The highest BCUT2D eigenvalue weighted by Crippen LogP contribution is 2.26. The maximum atomic E-state index is 14.2. The van der Waals surface area contributed by atoms with Crippen LogP contribution in [0.2, 0.25) is 0 Å². The quantitative estimate of drug-likeness (QED) is 0.407. The minimum atomic E-state index is -0.998. The van der Waals surface area contributed by atoms with Crippen molar-refractivity contribution in [3.63, 3.8) is 0 Å². The second-order valence-electron chi connectivity index (χ2n) is 11.0. The molecule has 0 saturated heterocycles. The maximum Gasteiger partial charge on any atom is 0.408 e. The summed E-state index contributed by atoms with van der Waals surface area (Å²) in [6, 6.07) is 10.2. The van der Waals surface area contributed by atoms with Crippen LogP contribution in [0.15, 0.2) is 42.5 Å². The summed E-state index contributed by atoms with van der Waals surface area (Å²) in [6.07, 6.45) is 0.0465. The van der Waals surface area contributed by atoms with Gasteiger partial charge in [0.2, 0.25) is 11.8 Å². The first-order valence-corrected chi connectivity index (χ1v) is 13.2. The van der Waals surface area contributed by atoms with Crippen LogP contribution in [0.1, 0.15) is 76.3 Å². The molecule has 2 aromatic carbocycles. The number of aromatic hydroxyl groups is 1. The molecule has 2 rings (SSSR count). The summed E-state index contributed by atoms with van der Waals surface area (Å²) < 4.78 is 5.45. The van der Waals surface area contributed by atoms with Crippen LogP contribution in [-0.4, -0.2) is 52.1 Å². The van der Waals surface area contributed by atoms with Gasteiger partial charge < -0.3 is 25.4 Å². The second kappa shape index (κ2) is 13.3. The van der Waals surface area contributed by atoms with Crippen LogP contribution in [0.3, 0.4) is 0 Å². The van der Waals surface area contributed by atoms with E-state index in [-0.39, 0.29) is 24.1 Å². The zero-order valence-corrected chi connectivity index (χ0v) is 23.9. The topological polar surface area (TPSA) is 108 Å². The fraction of sp³-hybridized carbons (Fsp3) is 0.500. The van der Waals surface area contributed by atoms with E-state index in [0.717, 1.165) is 16.7 Å². The van der Waals surface area contributed by atoms with Crippen molar-refractivity contribution >= 4 is 17.9 Å². The first kappa shape index (κ1) is 30.7. The Morgan fingerprint density at radius 2 is 1.61 bits per heavy atom. The van der Waals surface area contributed by atoms with Gasteiger partial charge in [-0.15, -0.1) is 0 Å². The SMILES string of the molecule is CCCN(C(=O)C(Cc1ccc(O)cc1)NC(=O)OC(C)(C)C)C(C(=O)NC(C)C)c1ccc(C)c(C)c1. The Kier molecular flexibility index (Phi) is 10.7. The summed E-state index contributed by atoms with van der Waals surface area (Å²) in [4.78, 5) is 42.1. The smallest absolute Gasteiger partial charge is 0.408 e. The van der Waals surface area contributed by atoms with Crippen molar-refractivity contribution in [1.82, 2.24) is 15.5 Å². The Morgan fingerprint density at radius 1 is 0.974 bits per heavy atom. The molecule has 0 radical (unpaired) electrons. The van der Waals surface area contributed by atoms with Gasteiger partial charge in [0.15, 0.2) is 0 Å². The van der Waals surface area contributed by atoms with Crippen molar-refractivity contribution in [2.45, 2.75) is 92.0 Å². The molecule has 208 valence electrons. The molecule has 0 bridgehead atoms. The first-order chi connectivity index (χ1) is 17.7. The highest BCUT2D eigenvalue weighted by atomic mass is 16.6. The fourth-order valence-corrected chi connectivity index (χ4v) is 4.10. The molecule has 0 aliphatic carbocycles. The van der Waals surface area contributed by atoms with Gasteiger partial charge in [0, 0.05) is 19.0 Å². The average Bonchev–Trinajstić information content (AvgIpc) is 2.80. The number of carbonyl (C=O) groups is 3. The number of hydrogen-bond donors (Lipinski definition) is 3. The molecule has 0 spiro atoms. The van der Waals surface area contributed by atoms with E-state index in [1.54, 1.807) is 37.8 Å². The summed E-state index contributed by atoms with van der Waals surface area (Å²) in [5.41, 5.74) is 2.79. The molecule has 2 unspecified atom stereocenters. The van der Waals surface area contributed by atoms with Crippen molar-refractivity contribution in [3.8, 4) is 5.75 Å². The number of phenolic OH excluding ortho intramolecular Hbond substituents is 1. The van der Waals surface area contributed by atoms with Gasteiger partial charge in [0.1, 0.15) is 23.4 Å². The second-order valence-corrected chi connectivity index (χ2v) is 11.0. The van der Waals surface area contributed by atoms with E-state index < -0.39 is 29.7 Å². The molecule has 2 aromatic rings. The van der Waals surface area contributed by atoms with Gasteiger partial charge >= 0.3 is 6.09 Å². The van der Waals surface area contributed by atoms with Crippen molar-refractivity contribution in [3.05, 3.63) is 64.7 Å². The normalized spacial score (nSPS) is 13.0. The molecule has 2 atom stereocenters. The number of amides is 3. The van der Waals surface area contributed by atoms with Crippen LogP contribution in [0.4, 0.5) is 4.79 Å². The number of nitrogens with one attached hydrogen (secondary N) is 2. The predicted molar refractivity (Wildman–Crippen MR) is 149 cm³/mol. The number of benzene rings is 2. The number of carbonyl (C=O) groups excluding carboxylic acids is 3. The molecule has 0 aliphatic rings. The van der Waals surface area contributed by atoms with Crippen LogP contribution in [0, 0.1) is 13.8 Å². The van der Waals surface area contributed by atoms with E-state index in [1.165, 1.54) is 12.1 Å². The van der Waals surface area contributed by atoms with Crippen LogP contribution in [0.5, 0.6) is 5.75 Å². The number of ether oxygens (including phenoxy) is 1. The highest BCUT2D eigenvalue weighted by molar-refractivity contribution is 5.92. The lowest BCUT2D eigenvalue weighted by atomic mass is 9.97. The van der Waals surface area contributed by atoms with Crippen molar-refractivity contribution < 1.29 is 24.2 Å². The van der Waals surface area contributed by atoms with Crippen molar-refractivity contribution in [2.24, 2.45) is 0 Å². The largest absolute Gasteiger partial charge is 0.508 e. The van der Waals surface area contributed by atoms with Gasteiger partial charge in [-0.2, -0.15) is 0 Å². The molecule has 3 N–H and O–H groups in total. The summed E-state index contributed by atoms with van der Waals surface area (Å²) in [7, 11) is 0. The van der Waals surface area contributed by atoms with Crippen molar-refractivity contribution in [1.29, 1.82) is 0 Å². The third-order valence-corrected chi connectivity index (χ3v) is 5.95. The minimum Gasteiger partial charge on any atom is -0.508 e. The van der Waals surface area contributed by atoms with Crippen LogP contribution in [-0.2, 0) is 20.7 Å². The van der Waals surface area contributed by atoms with E-state index in [1.807, 2.05) is 52.8 Å². The molecule has 0 aromatic heterocycles. The third-order valence-electron chi connectivity index (χ3n) is 5.95. The molecule has 0 heterocycles. The van der Waals surface area contributed by atoms with E-state index in [9.17, 15) is 19.5 Å². The molecule has 0 aliphatic heterocycles. The zero-order valence-electron chi connectivity index (χ0n) is 23.9. The van der Waals surface area contributed by atoms with Gasteiger partial charge in [-0.3, -0.25) is 9.59 Å². The molecular weight excluding hydrogens is 482 g/mol. The Bertz CT molecular complexity index is 1110. The summed E-state index contributed by atoms with van der Waals surface area (Å²) in [5.74, 6) is -0.580. The van der Waals surface area contributed by atoms with E-state index >= 15 is 0 Å². The molecule has 0 fully saturated rings. The van der Waals surface area contributed by atoms with Gasteiger partial charge in [-0.1, -0.05) is 37.3 Å². The number of nitrogens with zero attached hydrogens (tertiary/aromatic N) is 1. The molecule has 8 heteroatoms. The summed E-state index contributed by atoms with van der Waals surface area (Å²) in [5, 5.41) is 15.4. The average molecular weight is 526 g/mol. The Balaban J connectivity index is 2.54. The molecule has 8 nitrogen and oxygen atoms in total. The monoisotopic (exact) mass is 525 g/mol. The van der Waals surface area contributed by atoms with Crippen LogP contribution >= 0.6 is 0 Å². The lowest BCUT2D eigenvalue weighted by molar-refractivity contribution is -0.142. The third kappa shape index (κ3) is 9.08. The Hall–Kier alpha value is -3.55. The van der Waals surface area contributed by atoms with E-state index in [2.05, 4.69) is 10.6 Å². The van der Waals surface area contributed by atoms with Gasteiger partial charge in [0.25, 0.3) is 0 Å². The zero-order chi connectivity index (χ0) is 28.6. The molecular formula is C30H43N3O5. The number of alkyl carbamates (subject to hydrolysis) is 1. The number of rotatable bonds is 10. The Labute approximate surface area is 226 Å². The first-order valence-electron chi connectivity index (χ1n) is 13.2. The summed E-state index contributed by atoms with van der Waals surface area (Å²) >= 11 is 0. The van der Waals surface area contributed by atoms with Gasteiger partial charge in [-0.25, -0.2) is 4.79 Å².